The lowest BCUT2D eigenvalue weighted by atomic mass is 10.0. The molecule has 0 bridgehead atoms. The molecular formula is C26H24N4O. The summed E-state index contributed by atoms with van der Waals surface area (Å²) in [4.78, 5) is 24.6. The van der Waals surface area contributed by atoms with Crippen molar-refractivity contribution >= 4 is 22.5 Å². The Morgan fingerprint density at radius 1 is 0.968 bits per heavy atom. The van der Waals surface area contributed by atoms with E-state index in [9.17, 15) is 4.79 Å². The maximum Gasteiger partial charge on any atom is 0.252 e. The summed E-state index contributed by atoms with van der Waals surface area (Å²) in [5, 5.41) is 4.15. The Bertz CT molecular complexity index is 1190. The monoisotopic (exact) mass is 408 g/mol. The van der Waals surface area contributed by atoms with E-state index in [0.717, 1.165) is 48.1 Å². The molecule has 0 saturated carbocycles. The van der Waals surface area contributed by atoms with Crippen LogP contribution in [0.25, 0.3) is 22.2 Å². The van der Waals surface area contributed by atoms with Crippen molar-refractivity contribution in [1.29, 1.82) is 0 Å². The Morgan fingerprint density at radius 3 is 2.58 bits per heavy atom. The number of pyridine rings is 2. The molecule has 1 aliphatic rings. The first-order valence-electron chi connectivity index (χ1n) is 10.7. The molecule has 1 aliphatic heterocycles. The van der Waals surface area contributed by atoms with E-state index in [0.29, 0.717) is 5.56 Å². The number of carbonyl (C=O) groups excluding carboxylic acids is 1. The summed E-state index contributed by atoms with van der Waals surface area (Å²) in [7, 11) is 0. The summed E-state index contributed by atoms with van der Waals surface area (Å²) in [5.74, 6) is -0.0474. The first-order valence-corrected chi connectivity index (χ1v) is 10.7. The fraction of sp³-hybridized carbons (Fsp3) is 0.192. The number of anilines is 1. The van der Waals surface area contributed by atoms with Gasteiger partial charge in [0.05, 0.1) is 16.8 Å². The lowest BCUT2D eigenvalue weighted by Crippen LogP contribution is -2.47. The van der Waals surface area contributed by atoms with Gasteiger partial charge in [-0.15, -0.1) is 0 Å². The Hall–Kier alpha value is -3.73. The van der Waals surface area contributed by atoms with Gasteiger partial charge >= 0.3 is 0 Å². The largest absolute Gasteiger partial charge is 0.369 e. The van der Waals surface area contributed by atoms with Crippen LogP contribution in [0.3, 0.4) is 0 Å². The van der Waals surface area contributed by atoms with E-state index in [2.05, 4.69) is 39.5 Å². The zero-order valence-corrected chi connectivity index (χ0v) is 17.2. The van der Waals surface area contributed by atoms with Gasteiger partial charge in [0.25, 0.3) is 5.91 Å². The average molecular weight is 409 g/mol. The van der Waals surface area contributed by atoms with Crippen LogP contribution in [0.15, 0.2) is 85.2 Å². The number of amides is 1. The second-order valence-electron chi connectivity index (χ2n) is 7.90. The van der Waals surface area contributed by atoms with Crippen LogP contribution < -0.4 is 10.2 Å². The number of aromatic nitrogens is 2. The molecule has 3 heterocycles. The number of nitrogens with one attached hydrogen (secondary N) is 1. The van der Waals surface area contributed by atoms with Crippen molar-refractivity contribution in [3.05, 3.63) is 90.8 Å². The zero-order chi connectivity index (χ0) is 21.0. The van der Waals surface area contributed by atoms with Crippen LogP contribution in [0.5, 0.6) is 0 Å². The molecule has 1 amide bonds. The standard InChI is InChI=1S/C26H24N4O/c31-26(28-20-7-6-16-30(18-20)21-8-2-1-3-9-21)23-17-25(19-12-14-27-15-13-19)29-24-11-5-4-10-22(23)24/h1-5,8-15,17,20H,6-7,16,18H2,(H,28,31). The van der Waals surface area contributed by atoms with Gasteiger partial charge in [0.1, 0.15) is 0 Å². The topological polar surface area (TPSA) is 58.1 Å². The Labute approximate surface area is 181 Å². The van der Waals surface area contributed by atoms with Crippen molar-refractivity contribution in [2.24, 2.45) is 0 Å². The van der Waals surface area contributed by atoms with Gasteiger partial charge in [0, 0.05) is 48.2 Å². The van der Waals surface area contributed by atoms with Crippen molar-refractivity contribution in [3.63, 3.8) is 0 Å². The lowest BCUT2D eigenvalue weighted by molar-refractivity contribution is 0.0935. The van der Waals surface area contributed by atoms with Crippen LogP contribution in [-0.4, -0.2) is 35.0 Å². The van der Waals surface area contributed by atoms with Crippen LogP contribution in [0, 0.1) is 0 Å². The molecule has 5 rings (SSSR count). The molecule has 4 aromatic rings. The summed E-state index contributed by atoms with van der Waals surface area (Å²) >= 11 is 0. The van der Waals surface area contributed by atoms with Crippen molar-refractivity contribution in [3.8, 4) is 11.3 Å². The van der Waals surface area contributed by atoms with E-state index in [1.807, 2.05) is 48.5 Å². The number of hydrogen-bond acceptors (Lipinski definition) is 4. The smallest absolute Gasteiger partial charge is 0.252 e. The molecule has 1 saturated heterocycles. The summed E-state index contributed by atoms with van der Waals surface area (Å²) in [6.07, 6.45) is 5.52. The third kappa shape index (κ3) is 4.12. The van der Waals surface area contributed by atoms with Gasteiger partial charge in [-0.3, -0.25) is 9.78 Å². The molecule has 31 heavy (non-hydrogen) atoms. The van der Waals surface area contributed by atoms with E-state index in [-0.39, 0.29) is 11.9 Å². The van der Waals surface area contributed by atoms with E-state index >= 15 is 0 Å². The van der Waals surface area contributed by atoms with Crippen LogP contribution in [-0.2, 0) is 0 Å². The second-order valence-corrected chi connectivity index (χ2v) is 7.90. The summed E-state index contributed by atoms with van der Waals surface area (Å²) in [5.41, 5.74) is 4.41. The van der Waals surface area contributed by atoms with Gasteiger partial charge in [-0.25, -0.2) is 4.98 Å². The normalized spacial score (nSPS) is 16.3. The molecule has 2 aromatic heterocycles. The first-order chi connectivity index (χ1) is 15.3. The number of piperidine rings is 1. The lowest BCUT2D eigenvalue weighted by Gasteiger charge is -2.34. The molecular weight excluding hydrogens is 384 g/mol. The second kappa shape index (κ2) is 8.56. The molecule has 0 spiro atoms. The van der Waals surface area contributed by atoms with E-state index in [1.165, 1.54) is 5.69 Å². The van der Waals surface area contributed by atoms with Crippen LogP contribution >= 0.6 is 0 Å². The quantitative estimate of drug-likeness (QED) is 0.532. The molecule has 2 aromatic carbocycles. The highest BCUT2D eigenvalue weighted by molar-refractivity contribution is 6.07. The van der Waals surface area contributed by atoms with Gasteiger partial charge in [0.15, 0.2) is 0 Å². The first kappa shape index (κ1) is 19.2. The highest BCUT2D eigenvalue weighted by atomic mass is 16.1. The van der Waals surface area contributed by atoms with E-state index in [1.54, 1.807) is 12.4 Å². The number of para-hydroxylation sites is 2. The number of benzene rings is 2. The predicted molar refractivity (Wildman–Crippen MR) is 124 cm³/mol. The van der Waals surface area contributed by atoms with Crippen LogP contribution in [0.1, 0.15) is 23.2 Å². The Morgan fingerprint density at radius 2 is 1.74 bits per heavy atom. The van der Waals surface area contributed by atoms with Gasteiger partial charge in [-0.2, -0.15) is 0 Å². The molecule has 5 heteroatoms. The molecule has 0 radical (unpaired) electrons. The van der Waals surface area contributed by atoms with E-state index in [4.69, 9.17) is 4.98 Å². The summed E-state index contributed by atoms with van der Waals surface area (Å²) in [6.45, 7) is 1.83. The number of fused-ring (bicyclic) bond motifs is 1. The van der Waals surface area contributed by atoms with Gasteiger partial charge in [0.2, 0.25) is 0 Å². The maximum absolute atomic E-state index is 13.4. The fourth-order valence-corrected chi connectivity index (χ4v) is 4.27. The Kier molecular flexibility index (Phi) is 5.31. The highest BCUT2D eigenvalue weighted by Gasteiger charge is 2.23. The number of rotatable bonds is 4. The number of nitrogens with zero attached hydrogens (tertiary/aromatic N) is 3. The maximum atomic E-state index is 13.4. The van der Waals surface area contributed by atoms with Crippen molar-refractivity contribution < 1.29 is 4.79 Å². The highest BCUT2D eigenvalue weighted by Crippen LogP contribution is 2.25. The van der Waals surface area contributed by atoms with Crippen molar-refractivity contribution in [2.75, 3.05) is 18.0 Å². The molecule has 1 fully saturated rings. The Balaban J connectivity index is 1.43. The molecule has 1 unspecified atom stereocenters. The van der Waals surface area contributed by atoms with Gasteiger partial charge < -0.3 is 10.2 Å². The summed E-state index contributed by atoms with van der Waals surface area (Å²) < 4.78 is 0. The van der Waals surface area contributed by atoms with Gasteiger partial charge in [-0.05, 0) is 49.2 Å². The molecule has 0 aliphatic carbocycles. The minimum Gasteiger partial charge on any atom is -0.369 e. The molecule has 1 N–H and O–H groups in total. The number of carbonyl (C=O) groups is 1. The van der Waals surface area contributed by atoms with Crippen molar-refractivity contribution in [2.45, 2.75) is 18.9 Å². The number of hydrogen-bond donors (Lipinski definition) is 1. The molecule has 5 nitrogen and oxygen atoms in total. The molecule has 1 atom stereocenters. The van der Waals surface area contributed by atoms with E-state index < -0.39 is 0 Å². The predicted octanol–water partition coefficient (Wildman–Crippen LogP) is 4.70. The molecule has 154 valence electrons. The minimum absolute atomic E-state index is 0.0474. The fourth-order valence-electron chi connectivity index (χ4n) is 4.27. The van der Waals surface area contributed by atoms with Crippen LogP contribution in [0.4, 0.5) is 5.69 Å². The average Bonchev–Trinajstić information content (AvgIpc) is 2.84. The minimum atomic E-state index is -0.0474. The zero-order valence-electron chi connectivity index (χ0n) is 17.2. The third-order valence-electron chi connectivity index (χ3n) is 5.81. The van der Waals surface area contributed by atoms with Crippen LogP contribution in [0.2, 0.25) is 0 Å². The van der Waals surface area contributed by atoms with Gasteiger partial charge in [-0.1, -0.05) is 36.4 Å². The van der Waals surface area contributed by atoms with Crippen molar-refractivity contribution in [1.82, 2.24) is 15.3 Å². The third-order valence-corrected chi connectivity index (χ3v) is 5.81. The SMILES string of the molecule is O=C(NC1CCCN(c2ccccc2)C1)c1cc(-c2ccncc2)nc2ccccc12. The summed E-state index contributed by atoms with van der Waals surface area (Å²) in [6, 6.07) is 24.0.